The number of hydrogen-bond acceptors (Lipinski definition) is 2. The highest BCUT2D eigenvalue weighted by molar-refractivity contribution is 5.85. The molecule has 0 aliphatic rings. The Morgan fingerprint density at radius 3 is 3.00 bits per heavy atom. The topological polar surface area (TPSA) is 66.0 Å². The number of carbonyl (C=O) groups is 1. The molecule has 0 amide bonds. The van der Waals surface area contributed by atoms with E-state index in [4.69, 9.17) is 5.11 Å². The largest absolute Gasteiger partial charge is 0.481 e. The molecule has 1 heterocycles. The number of aryl methyl sites for hydroxylation is 1. The molecule has 0 bridgehead atoms. The third-order valence-corrected chi connectivity index (χ3v) is 2.11. The number of halogens is 1. The van der Waals surface area contributed by atoms with E-state index in [0.29, 0.717) is 6.42 Å². The van der Waals surface area contributed by atoms with Crippen LogP contribution in [-0.4, -0.2) is 21.0 Å². The van der Waals surface area contributed by atoms with Crippen LogP contribution in [0.25, 0.3) is 11.0 Å². The number of H-pyrrole nitrogens is 1. The first-order valence-corrected chi connectivity index (χ1v) is 4.39. The molecule has 0 unspecified atom stereocenters. The summed E-state index contributed by atoms with van der Waals surface area (Å²) in [6, 6.07) is 5.74. The molecule has 80 valence electrons. The fraction of sp³-hybridized carbons (Fsp3) is 0.200. The van der Waals surface area contributed by atoms with Crippen LogP contribution >= 0.6 is 12.4 Å². The molecule has 5 heteroatoms. The lowest BCUT2D eigenvalue weighted by atomic mass is 10.1. The SMILES string of the molecule is Cl.O=C(O)CCc1ccc2nc[nH]c2c1. The third kappa shape index (κ3) is 2.70. The minimum atomic E-state index is -0.769. The van der Waals surface area contributed by atoms with E-state index in [1.807, 2.05) is 18.2 Å². The molecule has 1 aromatic carbocycles. The lowest BCUT2D eigenvalue weighted by molar-refractivity contribution is -0.136. The van der Waals surface area contributed by atoms with Gasteiger partial charge < -0.3 is 10.1 Å². The fourth-order valence-electron chi connectivity index (χ4n) is 1.39. The molecular weight excluding hydrogens is 216 g/mol. The number of benzene rings is 1. The Bertz CT molecular complexity index is 467. The Labute approximate surface area is 92.7 Å². The Morgan fingerprint density at radius 2 is 2.27 bits per heavy atom. The van der Waals surface area contributed by atoms with Crippen LogP contribution in [0.3, 0.4) is 0 Å². The maximum Gasteiger partial charge on any atom is 0.303 e. The quantitative estimate of drug-likeness (QED) is 0.841. The lowest BCUT2D eigenvalue weighted by Crippen LogP contribution is -1.97. The van der Waals surface area contributed by atoms with Gasteiger partial charge in [-0.05, 0) is 24.1 Å². The number of aromatic amines is 1. The molecule has 0 spiro atoms. The second-order valence-electron chi connectivity index (χ2n) is 3.15. The highest BCUT2D eigenvalue weighted by Crippen LogP contribution is 2.12. The van der Waals surface area contributed by atoms with Crippen molar-refractivity contribution in [3.05, 3.63) is 30.1 Å². The van der Waals surface area contributed by atoms with E-state index < -0.39 is 5.97 Å². The van der Waals surface area contributed by atoms with Crippen molar-refractivity contribution in [2.45, 2.75) is 12.8 Å². The van der Waals surface area contributed by atoms with Gasteiger partial charge in [-0.25, -0.2) is 4.98 Å². The third-order valence-electron chi connectivity index (χ3n) is 2.11. The number of nitrogens with one attached hydrogen (secondary N) is 1. The number of imidazole rings is 1. The smallest absolute Gasteiger partial charge is 0.303 e. The van der Waals surface area contributed by atoms with Gasteiger partial charge in [0.1, 0.15) is 0 Å². The van der Waals surface area contributed by atoms with Crippen molar-refractivity contribution in [1.82, 2.24) is 9.97 Å². The van der Waals surface area contributed by atoms with Crippen LogP contribution in [-0.2, 0) is 11.2 Å². The number of rotatable bonds is 3. The van der Waals surface area contributed by atoms with E-state index in [1.165, 1.54) is 0 Å². The average Bonchev–Trinajstić information content (AvgIpc) is 2.61. The maximum atomic E-state index is 10.4. The zero-order chi connectivity index (χ0) is 9.97. The van der Waals surface area contributed by atoms with E-state index in [-0.39, 0.29) is 18.8 Å². The first-order valence-electron chi connectivity index (χ1n) is 4.39. The van der Waals surface area contributed by atoms with Crippen LogP contribution in [0, 0.1) is 0 Å². The monoisotopic (exact) mass is 226 g/mol. The number of carboxylic acid groups (broad SMARTS) is 1. The van der Waals surface area contributed by atoms with Gasteiger partial charge in [-0.15, -0.1) is 12.4 Å². The van der Waals surface area contributed by atoms with Crippen LogP contribution in [0.1, 0.15) is 12.0 Å². The minimum Gasteiger partial charge on any atom is -0.481 e. The molecule has 2 N–H and O–H groups in total. The van der Waals surface area contributed by atoms with Crippen LogP contribution in [0.4, 0.5) is 0 Å². The normalized spacial score (nSPS) is 9.87. The lowest BCUT2D eigenvalue weighted by Gasteiger charge is -1.97. The number of hydrogen-bond donors (Lipinski definition) is 2. The summed E-state index contributed by atoms with van der Waals surface area (Å²) in [7, 11) is 0. The molecular formula is C10H11ClN2O2. The van der Waals surface area contributed by atoms with Gasteiger partial charge in [0.15, 0.2) is 0 Å². The fourth-order valence-corrected chi connectivity index (χ4v) is 1.39. The predicted octanol–water partition coefficient (Wildman–Crippen LogP) is 2.00. The van der Waals surface area contributed by atoms with Crippen LogP contribution in [0.5, 0.6) is 0 Å². The second kappa shape index (κ2) is 4.79. The summed E-state index contributed by atoms with van der Waals surface area (Å²) < 4.78 is 0. The summed E-state index contributed by atoms with van der Waals surface area (Å²) in [4.78, 5) is 17.4. The van der Waals surface area contributed by atoms with Crippen molar-refractivity contribution in [3.63, 3.8) is 0 Å². The van der Waals surface area contributed by atoms with Crippen molar-refractivity contribution in [2.75, 3.05) is 0 Å². The summed E-state index contributed by atoms with van der Waals surface area (Å²) in [5.41, 5.74) is 2.88. The van der Waals surface area contributed by atoms with Crippen molar-refractivity contribution in [2.24, 2.45) is 0 Å². The second-order valence-corrected chi connectivity index (χ2v) is 3.15. The van der Waals surface area contributed by atoms with Crippen molar-refractivity contribution in [1.29, 1.82) is 0 Å². The van der Waals surface area contributed by atoms with Gasteiger partial charge in [-0.3, -0.25) is 4.79 Å². The number of aromatic nitrogens is 2. The van der Waals surface area contributed by atoms with Gasteiger partial charge in [0.05, 0.1) is 17.4 Å². The highest BCUT2D eigenvalue weighted by Gasteiger charge is 2.01. The van der Waals surface area contributed by atoms with Gasteiger partial charge in [-0.1, -0.05) is 6.07 Å². The van der Waals surface area contributed by atoms with Crippen molar-refractivity contribution >= 4 is 29.4 Å². The van der Waals surface area contributed by atoms with Gasteiger partial charge in [0, 0.05) is 6.42 Å². The van der Waals surface area contributed by atoms with Gasteiger partial charge in [0.25, 0.3) is 0 Å². The zero-order valence-corrected chi connectivity index (χ0v) is 8.75. The number of carboxylic acids is 1. The molecule has 0 aliphatic heterocycles. The molecule has 2 aromatic rings. The Morgan fingerprint density at radius 1 is 1.47 bits per heavy atom. The van der Waals surface area contributed by atoms with E-state index >= 15 is 0 Å². The van der Waals surface area contributed by atoms with Crippen LogP contribution < -0.4 is 0 Å². The molecule has 15 heavy (non-hydrogen) atoms. The molecule has 0 fully saturated rings. The van der Waals surface area contributed by atoms with E-state index in [9.17, 15) is 4.79 Å². The summed E-state index contributed by atoms with van der Waals surface area (Å²) in [6.45, 7) is 0. The summed E-state index contributed by atoms with van der Waals surface area (Å²) in [5.74, 6) is -0.769. The summed E-state index contributed by atoms with van der Waals surface area (Å²) in [5, 5.41) is 8.53. The molecule has 0 aliphatic carbocycles. The molecule has 0 saturated carbocycles. The predicted molar refractivity (Wildman–Crippen MR) is 59.3 cm³/mol. The van der Waals surface area contributed by atoms with Gasteiger partial charge in [0.2, 0.25) is 0 Å². The molecule has 0 atom stereocenters. The van der Waals surface area contributed by atoms with E-state index in [2.05, 4.69) is 9.97 Å². The number of nitrogens with zero attached hydrogens (tertiary/aromatic N) is 1. The number of fused-ring (bicyclic) bond motifs is 1. The molecule has 4 nitrogen and oxygen atoms in total. The highest BCUT2D eigenvalue weighted by atomic mass is 35.5. The molecule has 1 aromatic heterocycles. The first-order chi connectivity index (χ1) is 6.75. The Kier molecular flexibility index (Phi) is 3.68. The van der Waals surface area contributed by atoms with E-state index in [0.717, 1.165) is 16.6 Å². The Balaban J connectivity index is 0.00000112. The van der Waals surface area contributed by atoms with Crippen molar-refractivity contribution in [3.8, 4) is 0 Å². The van der Waals surface area contributed by atoms with E-state index in [1.54, 1.807) is 6.33 Å². The Hall–Kier alpha value is -1.55. The maximum absolute atomic E-state index is 10.4. The van der Waals surface area contributed by atoms with Crippen LogP contribution in [0.2, 0.25) is 0 Å². The van der Waals surface area contributed by atoms with Gasteiger partial charge >= 0.3 is 5.97 Å². The summed E-state index contributed by atoms with van der Waals surface area (Å²) in [6.07, 6.45) is 2.36. The minimum absolute atomic E-state index is 0. The van der Waals surface area contributed by atoms with Crippen molar-refractivity contribution < 1.29 is 9.90 Å². The molecule has 2 rings (SSSR count). The molecule has 0 radical (unpaired) electrons. The standard InChI is InChI=1S/C10H10N2O2.ClH/c13-10(14)4-2-7-1-3-8-9(5-7)12-6-11-8;/h1,3,5-6H,2,4H2,(H,11,12)(H,13,14);1H. The zero-order valence-electron chi connectivity index (χ0n) is 7.93. The van der Waals surface area contributed by atoms with Crippen LogP contribution in [0.15, 0.2) is 24.5 Å². The number of aliphatic carboxylic acids is 1. The first kappa shape index (κ1) is 11.5. The van der Waals surface area contributed by atoms with Gasteiger partial charge in [-0.2, -0.15) is 0 Å². The molecule has 0 saturated heterocycles. The summed E-state index contributed by atoms with van der Waals surface area (Å²) >= 11 is 0. The average molecular weight is 227 g/mol.